The van der Waals surface area contributed by atoms with Crippen molar-refractivity contribution in [2.45, 2.75) is 31.9 Å². The summed E-state index contributed by atoms with van der Waals surface area (Å²) in [6.07, 6.45) is -2.95. The molecule has 0 heterocycles. The first-order chi connectivity index (χ1) is 10.9. The van der Waals surface area contributed by atoms with Gasteiger partial charge in [0.2, 0.25) is 5.91 Å². The average Bonchev–Trinajstić information content (AvgIpc) is 2.53. The molecule has 1 aromatic rings. The highest BCUT2D eigenvalue weighted by Gasteiger charge is 2.48. The van der Waals surface area contributed by atoms with Crippen molar-refractivity contribution in [2.24, 2.45) is 11.8 Å². The maximum Gasteiger partial charge on any atom is 0.392 e. The fraction of sp³-hybridized carbons (Fsp3) is 0.562. The van der Waals surface area contributed by atoms with Crippen molar-refractivity contribution in [3.05, 3.63) is 18.2 Å². The van der Waals surface area contributed by atoms with E-state index in [1.807, 2.05) is 0 Å². The zero-order valence-electron chi connectivity index (χ0n) is 13.1. The minimum atomic E-state index is -4.35. The lowest BCUT2D eigenvalue weighted by atomic mass is 9.78. The van der Waals surface area contributed by atoms with E-state index in [0.717, 1.165) is 0 Å². The lowest BCUT2D eigenvalue weighted by Gasteiger charge is -2.32. The third-order valence-corrected chi connectivity index (χ3v) is 4.17. The number of nitrogens with one attached hydrogen (secondary N) is 1. The van der Waals surface area contributed by atoms with Crippen molar-refractivity contribution >= 4 is 11.6 Å². The minimum Gasteiger partial charge on any atom is -0.493 e. The summed E-state index contributed by atoms with van der Waals surface area (Å²) < 4.78 is 49.5. The van der Waals surface area contributed by atoms with E-state index >= 15 is 0 Å². The lowest BCUT2D eigenvalue weighted by molar-refractivity contribution is -0.197. The summed E-state index contributed by atoms with van der Waals surface area (Å²) in [5, 5.41) is 2.57. The van der Waals surface area contributed by atoms with Crippen LogP contribution in [-0.4, -0.2) is 26.3 Å². The monoisotopic (exact) mass is 331 g/mol. The number of amides is 1. The molecule has 7 heteroatoms. The number of carbonyl (C=O) groups excluding carboxylic acids is 1. The molecule has 0 bridgehead atoms. The first kappa shape index (κ1) is 17.4. The number of anilines is 1. The molecule has 1 N–H and O–H groups in total. The van der Waals surface area contributed by atoms with Crippen LogP contribution in [0.25, 0.3) is 0 Å². The maximum atomic E-state index is 13.1. The van der Waals surface area contributed by atoms with Crippen LogP contribution in [0.2, 0.25) is 0 Å². The summed E-state index contributed by atoms with van der Waals surface area (Å²) in [7, 11) is 2.93. The van der Waals surface area contributed by atoms with Gasteiger partial charge in [0.25, 0.3) is 0 Å². The van der Waals surface area contributed by atoms with Gasteiger partial charge in [0, 0.05) is 17.7 Å². The molecule has 0 radical (unpaired) electrons. The average molecular weight is 331 g/mol. The Morgan fingerprint density at radius 3 is 2.39 bits per heavy atom. The highest BCUT2D eigenvalue weighted by molar-refractivity contribution is 5.93. The molecule has 2 rings (SSSR count). The van der Waals surface area contributed by atoms with E-state index < -0.39 is 23.9 Å². The van der Waals surface area contributed by atoms with E-state index in [0.29, 0.717) is 30.0 Å². The molecular weight excluding hydrogens is 311 g/mol. The summed E-state index contributed by atoms with van der Waals surface area (Å²) in [5.74, 6) is -2.33. The van der Waals surface area contributed by atoms with Gasteiger partial charge in [-0.1, -0.05) is 12.8 Å². The fourth-order valence-corrected chi connectivity index (χ4v) is 2.99. The van der Waals surface area contributed by atoms with Gasteiger partial charge in [-0.2, -0.15) is 13.2 Å². The summed E-state index contributed by atoms with van der Waals surface area (Å²) in [5.41, 5.74) is 0.388. The van der Waals surface area contributed by atoms with Gasteiger partial charge >= 0.3 is 6.18 Å². The number of rotatable bonds is 4. The van der Waals surface area contributed by atoms with E-state index in [-0.39, 0.29) is 12.8 Å². The zero-order valence-corrected chi connectivity index (χ0v) is 13.1. The van der Waals surface area contributed by atoms with E-state index in [1.54, 1.807) is 12.1 Å². The first-order valence-electron chi connectivity index (χ1n) is 7.46. The summed E-state index contributed by atoms with van der Waals surface area (Å²) in [4.78, 5) is 12.3. The molecule has 1 saturated carbocycles. The Balaban J connectivity index is 2.14. The second-order valence-electron chi connectivity index (χ2n) is 5.60. The minimum absolute atomic E-state index is 0.00746. The molecule has 2 unspecified atom stereocenters. The Bertz CT molecular complexity index is 560. The van der Waals surface area contributed by atoms with Crippen LogP contribution in [0.15, 0.2) is 18.2 Å². The molecule has 1 fully saturated rings. The molecule has 0 spiro atoms. The number of alkyl halides is 3. The third-order valence-electron chi connectivity index (χ3n) is 4.17. The normalized spacial score (nSPS) is 21.6. The molecular formula is C16H20F3NO3. The van der Waals surface area contributed by atoms with E-state index in [1.165, 1.54) is 20.3 Å². The molecule has 1 aromatic carbocycles. The van der Waals surface area contributed by atoms with Gasteiger partial charge in [-0.25, -0.2) is 0 Å². The van der Waals surface area contributed by atoms with Crippen LogP contribution < -0.4 is 14.8 Å². The number of benzene rings is 1. The van der Waals surface area contributed by atoms with Gasteiger partial charge in [0.05, 0.1) is 20.1 Å². The topological polar surface area (TPSA) is 47.6 Å². The maximum absolute atomic E-state index is 13.1. The largest absolute Gasteiger partial charge is 0.493 e. The van der Waals surface area contributed by atoms with Crippen molar-refractivity contribution in [1.82, 2.24) is 0 Å². The quantitative estimate of drug-likeness (QED) is 0.907. The molecule has 2 atom stereocenters. The molecule has 0 aliphatic heterocycles. The van der Waals surface area contributed by atoms with Crippen LogP contribution in [0.4, 0.5) is 18.9 Å². The van der Waals surface area contributed by atoms with Crippen LogP contribution in [0.1, 0.15) is 25.7 Å². The molecule has 0 aromatic heterocycles. The van der Waals surface area contributed by atoms with Gasteiger partial charge < -0.3 is 14.8 Å². The molecule has 4 nitrogen and oxygen atoms in total. The SMILES string of the molecule is COc1ccc(NC(=O)C2CCCCC2C(F)(F)F)cc1OC. The molecule has 1 aliphatic rings. The van der Waals surface area contributed by atoms with Crippen molar-refractivity contribution in [2.75, 3.05) is 19.5 Å². The summed E-state index contributed by atoms with van der Waals surface area (Å²) in [6.45, 7) is 0. The molecule has 1 amide bonds. The third kappa shape index (κ3) is 4.09. The summed E-state index contributed by atoms with van der Waals surface area (Å²) >= 11 is 0. The molecule has 1 aliphatic carbocycles. The number of halogens is 3. The lowest BCUT2D eigenvalue weighted by Crippen LogP contribution is -2.39. The van der Waals surface area contributed by atoms with E-state index in [2.05, 4.69) is 5.32 Å². The fourth-order valence-electron chi connectivity index (χ4n) is 2.99. The van der Waals surface area contributed by atoms with Crippen molar-refractivity contribution < 1.29 is 27.4 Å². The van der Waals surface area contributed by atoms with Crippen LogP contribution in [-0.2, 0) is 4.79 Å². The van der Waals surface area contributed by atoms with Crippen LogP contribution in [0.5, 0.6) is 11.5 Å². The Morgan fingerprint density at radius 1 is 1.13 bits per heavy atom. The zero-order chi connectivity index (χ0) is 17.0. The van der Waals surface area contributed by atoms with Crippen LogP contribution in [0, 0.1) is 11.8 Å². The first-order valence-corrected chi connectivity index (χ1v) is 7.46. The molecule has 0 saturated heterocycles. The van der Waals surface area contributed by atoms with E-state index in [4.69, 9.17) is 9.47 Å². The Morgan fingerprint density at radius 2 is 1.78 bits per heavy atom. The second-order valence-corrected chi connectivity index (χ2v) is 5.60. The highest BCUT2D eigenvalue weighted by Crippen LogP contribution is 2.42. The Hall–Kier alpha value is -1.92. The second kappa shape index (κ2) is 7.10. The predicted octanol–water partition coefficient (Wildman–Crippen LogP) is 4.01. The van der Waals surface area contributed by atoms with Gasteiger partial charge in [-0.15, -0.1) is 0 Å². The standard InChI is InChI=1S/C16H20F3NO3/c1-22-13-8-7-10(9-14(13)23-2)20-15(21)11-5-3-4-6-12(11)16(17,18)19/h7-9,11-12H,3-6H2,1-2H3,(H,20,21). The van der Waals surface area contributed by atoms with Crippen LogP contribution >= 0.6 is 0 Å². The smallest absolute Gasteiger partial charge is 0.392 e. The van der Waals surface area contributed by atoms with Gasteiger partial charge in [-0.3, -0.25) is 4.79 Å². The highest BCUT2D eigenvalue weighted by atomic mass is 19.4. The van der Waals surface area contributed by atoms with Crippen molar-refractivity contribution in [3.63, 3.8) is 0 Å². The van der Waals surface area contributed by atoms with Crippen LogP contribution in [0.3, 0.4) is 0 Å². The van der Waals surface area contributed by atoms with Crippen molar-refractivity contribution in [1.29, 1.82) is 0 Å². The van der Waals surface area contributed by atoms with E-state index in [9.17, 15) is 18.0 Å². The Kier molecular flexibility index (Phi) is 5.38. The number of methoxy groups -OCH3 is 2. The van der Waals surface area contributed by atoms with Gasteiger partial charge in [0.15, 0.2) is 11.5 Å². The van der Waals surface area contributed by atoms with Gasteiger partial charge in [-0.05, 0) is 25.0 Å². The number of hydrogen-bond donors (Lipinski definition) is 1. The Labute approximate surface area is 133 Å². The predicted molar refractivity (Wildman–Crippen MR) is 79.7 cm³/mol. The molecule has 128 valence electrons. The number of ether oxygens (including phenoxy) is 2. The summed E-state index contributed by atoms with van der Waals surface area (Å²) in [6, 6.07) is 4.70. The van der Waals surface area contributed by atoms with Crippen molar-refractivity contribution in [3.8, 4) is 11.5 Å². The number of hydrogen-bond acceptors (Lipinski definition) is 3. The number of carbonyl (C=O) groups is 1. The molecule has 23 heavy (non-hydrogen) atoms. The van der Waals surface area contributed by atoms with Gasteiger partial charge in [0.1, 0.15) is 0 Å².